The van der Waals surface area contributed by atoms with E-state index in [4.69, 9.17) is 0 Å². The Balaban J connectivity index is 2.11. The molecule has 0 fully saturated rings. The van der Waals surface area contributed by atoms with Gasteiger partial charge < -0.3 is 9.36 Å². The van der Waals surface area contributed by atoms with Crippen LogP contribution in [0.15, 0.2) is 48.5 Å². The molecule has 0 atom stereocenters. The van der Waals surface area contributed by atoms with Crippen molar-refractivity contribution in [3.63, 3.8) is 0 Å². The Morgan fingerprint density at radius 1 is 0.947 bits per heavy atom. The number of aryl methyl sites for hydroxylation is 1. The molecule has 19 heavy (non-hydrogen) atoms. The number of rotatable bonds is 4. The van der Waals surface area contributed by atoms with E-state index in [1.54, 1.807) is 6.92 Å². The number of Topliss-reactive ketones (excluding diaryl/α,β-unsaturated/α-hetero) is 1. The fourth-order valence-corrected chi connectivity index (χ4v) is 2.73. The second-order valence-electron chi connectivity index (χ2n) is 4.99. The van der Waals surface area contributed by atoms with Crippen molar-refractivity contribution >= 4 is 27.6 Å². The summed E-state index contributed by atoms with van der Waals surface area (Å²) < 4.78 is 2.33. The fraction of sp³-hybridized carbons (Fsp3) is 0.235. The Hall–Kier alpha value is -2.09. The van der Waals surface area contributed by atoms with Gasteiger partial charge in [-0.2, -0.15) is 0 Å². The van der Waals surface area contributed by atoms with E-state index in [9.17, 15) is 4.79 Å². The Morgan fingerprint density at radius 3 is 2.00 bits per heavy atom. The van der Waals surface area contributed by atoms with Crippen LogP contribution in [0, 0.1) is 0 Å². The minimum Gasteiger partial charge on any atom is -0.340 e. The molecule has 1 aromatic heterocycles. The third-order valence-electron chi connectivity index (χ3n) is 3.59. The van der Waals surface area contributed by atoms with Crippen molar-refractivity contribution in [1.82, 2.24) is 4.57 Å². The van der Waals surface area contributed by atoms with Crippen molar-refractivity contribution in [3.8, 4) is 0 Å². The highest BCUT2D eigenvalue weighted by Crippen LogP contribution is 2.28. The predicted octanol–water partition coefficient (Wildman–Crippen LogP) is 4.16. The monoisotopic (exact) mass is 251 g/mol. The molecule has 2 nitrogen and oxygen atoms in total. The molecule has 0 amide bonds. The maximum atomic E-state index is 11.1. The number of nitrogens with zero attached hydrogens (tertiary/aromatic N) is 1. The van der Waals surface area contributed by atoms with E-state index < -0.39 is 0 Å². The summed E-state index contributed by atoms with van der Waals surface area (Å²) in [4.78, 5) is 11.1. The molecule has 0 aliphatic heterocycles. The van der Waals surface area contributed by atoms with Crippen LogP contribution in [0.25, 0.3) is 21.8 Å². The lowest BCUT2D eigenvalue weighted by Gasteiger charge is -2.06. The average Bonchev–Trinajstić information content (AvgIpc) is 2.74. The van der Waals surface area contributed by atoms with E-state index in [0.29, 0.717) is 6.42 Å². The second kappa shape index (κ2) is 4.88. The molecule has 3 aromatic rings. The van der Waals surface area contributed by atoms with Crippen molar-refractivity contribution in [3.05, 3.63) is 48.5 Å². The largest absolute Gasteiger partial charge is 0.340 e. The summed E-state index contributed by atoms with van der Waals surface area (Å²) >= 11 is 0. The summed E-state index contributed by atoms with van der Waals surface area (Å²) in [6, 6.07) is 16.9. The van der Waals surface area contributed by atoms with Gasteiger partial charge in [-0.05, 0) is 25.5 Å². The summed E-state index contributed by atoms with van der Waals surface area (Å²) in [6.07, 6.45) is 1.55. The number of fused-ring (bicyclic) bond motifs is 3. The summed E-state index contributed by atoms with van der Waals surface area (Å²) in [6.45, 7) is 2.56. The van der Waals surface area contributed by atoms with Crippen LogP contribution < -0.4 is 0 Å². The molecular formula is C17H17NO. The smallest absolute Gasteiger partial charge is 0.129 e. The second-order valence-corrected chi connectivity index (χ2v) is 4.99. The summed E-state index contributed by atoms with van der Waals surface area (Å²) in [5, 5.41) is 2.59. The van der Waals surface area contributed by atoms with E-state index in [2.05, 4.69) is 53.1 Å². The molecule has 0 radical (unpaired) electrons. The molecule has 0 saturated carbocycles. The Labute approximate surface area is 112 Å². The number of hydrogen-bond donors (Lipinski definition) is 0. The lowest BCUT2D eigenvalue weighted by atomic mass is 10.2. The highest BCUT2D eigenvalue weighted by Gasteiger charge is 2.09. The highest BCUT2D eigenvalue weighted by molar-refractivity contribution is 6.07. The van der Waals surface area contributed by atoms with Gasteiger partial charge in [0, 0.05) is 34.8 Å². The van der Waals surface area contributed by atoms with Crippen molar-refractivity contribution < 1.29 is 4.79 Å². The van der Waals surface area contributed by atoms with Gasteiger partial charge in [0.25, 0.3) is 0 Å². The Morgan fingerprint density at radius 2 is 1.47 bits per heavy atom. The van der Waals surface area contributed by atoms with Crippen LogP contribution in [-0.2, 0) is 11.3 Å². The molecule has 0 saturated heterocycles. The summed E-state index contributed by atoms with van der Waals surface area (Å²) in [5.41, 5.74) is 2.51. The third kappa shape index (κ3) is 2.14. The van der Waals surface area contributed by atoms with Crippen LogP contribution in [0.2, 0.25) is 0 Å². The predicted molar refractivity (Wildman–Crippen MR) is 79.4 cm³/mol. The first-order valence-electron chi connectivity index (χ1n) is 6.73. The zero-order valence-corrected chi connectivity index (χ0v) is 11.1. The van der Waals surface area contributed by atoms with Crippen molar-refractivity contribution in [2.75, 3.05) is 0 Å². The van der Waals surface area contributed by atoms with Crippen LogP contribution in [0.4, 0.5) is 0 Å². The van der Waals surface area contributed by atoms with E-state index >= 15 is 0 Å². The third-order valence-corrected chi connectivity index (χ3v) is 3.59. The molecule has 96 valence electrons. The Kier molecular flexibility index (Phi) is 3.08. The zero-order valence-electron chi connectivity index (χ0n) is 11.1. The molecule has 0 aliphatic carbocycles. The molecule has 2 aromatic carbocycles. The molecule has 0 spiro atoms. The topological polar surface area (TPSA) is 22.0 Å². The lowest BCUT2D eigenvalue weighted by molar-refractivity contribution is -0.117. The molecule has 2 heteroatoms. The summed E-state index contributed by atoms with van der Waals surface area (Å²) in [5.74, 6) is 0.265. The SMILES string of the molecule is CC(=O)CCCn1c2ccccc2c2ccccc21. The number of benzene rings is 2. The van der Waals surface area contributed by atoms with Gasteiger partial charge in [0.05, 0.1) is 0 Å². The number of hydrogen-bond acceptors (Lipinski definition) is 1. The minimum atomic E-state index is 0.265. The van der Waals surface area contributed by atoms with E-state index in [1.165, 1.54) is 21.8 Å². The standard InChI is InChI=1S/C17H17NO/c1-13(19)7-6-12-18-16-10-4-2-8-14(16)15-9-3-5-11-17(15)18/h2-5,8-11H,6-7,12H2,1H3. The molecule has 0 N–H and O–H groups in total. The number of para-hydroxylation sites is 2. The van der Waals surface area contributed by atoms with Crippen LogP contribution >= 0.6 is 0 Å². The maximum absolute atomic E-state index is 11.1. The highest BCUT2D eigenvalue weighted by atomic mass is 16.1. The van der Waals surface area contributed by atoms with Gasteiger partial charge in [-0.1, -0.05) is 36.4 Å². The normalized spacial score (nSPS) is 11.2. The van der Waals surface area contributed by atoms with E-state index in [0.717, 1.165) is 13.0 Å². The van der Waals surface area contributed by atoms with Crippen molar-refractivity contribution in [2.45, 2.75) is 26.3 Å². The molecule has 3 rings (SSSR count). The quantitative estimate of drug-likeness (QED) is 0.682. The van der Waals surface area contributed by atoms with Crippen molar-refractivity contribution in [2.24, 2.45) is 0 Å². The lowest BCUT2D eigenvalue weighted by Crippen LogP contribution is -2.00. The first kappa shape index (κ1) is 12.0. The van der Waals surface area contributed by atoms with Gasteiger partial charge in [-0.15, -0.1) is 0 Å². The number of carbonyl (C=O) groups excluding carboxylic acids is 1. The maximum Gasteiger partial charge on any atom is 0.129 e. The first-order chi connectivity index (χ1) is 9.27. The van der Waals surface area contributed by atoms with Gasteiger partial charge >= 0.3 is 0 Å². The average molecular weight is 251 g/mol. The van der Waals surface area contributed by atoms with E-state index in [1.807, 2.05) is 0 Å². The molecular weight excluding hydrogens is 234 g/mol. The van der Waals surface area contributed by atoms with Gasteiger partial charge in [0.15, 0.2) is 0 Å². The Bertz CT molecular complexity index is 686. The fourth-order valence-electron chi connectivity index (χ4n) is 2.73. The number of carbonyl (C=O) groups is 1. The van der Waals surface area contributed by atoms with Gasteiger partial charge in [-0.25, -0.2) is 0 Å². The summed E-state index contributed by atoms with van der Waals surface area (Å²) in [7, 11) is 0. The number of ketones is 1. The van der Waals surface area contributed by atoms with Gasteiger partial charge in [0.1, 0.15) is 5.78 Å². The van der Waals surface area contributed by atoms with Crippen LogP contribution in [0.1, 0.15) is 19.8 Å². The van der Waals surface area contributed by atoms with Crippen LogP contribution in [0.3, 0.4) is 0 Å². The zero-order chi connectivity index (χ0) is 13.2. The van der Waals surface area contributed by atoms with Gasteiger partial charge in [0.2, 0.25) is 0 Å². The minimum absolute atomic E-state index is 0.265. The molecule has 0 unspecified atom stereocenters. The number of aromatic nitrogens is 1. The first-order valence-corrected chi connectivity index (χ1v) is 6.73. The van der Waals surface area contributed by atoms with Crippen molar-refractivity contribution in [1.29, 1.82) is 0 Å². The van der Waals surface area contributed by atoms with Gasteiger partial charge in [-0.3, -0.25) is 0 Å². The molecule has 0 bridgehead atoms. The van der Waals surface area contributed by atoms with Crippen LogP contribution in [0.5, 0.6) is 0 Å². The van der Waals surface area contributed by atoms with Crippen LogP contribution in [-0.4, -0.2) is 10.4 Å². The molecule has 1 heterocycles. The van der Waals surface area contributed by atoms with E-state index in [-0.39, 0.29) is 5.78 Å². The molecule has 0 aliphatic rings.